The number of hydrogen-bond donors (Lipinski definition) is 1. The van der Waals surface area contributed by atoms with Gasteiger partial charge in [0, 0.05) is 6.07 Å². The highest BCUT2D eigenvalue weighted by atomic mass is 32.1. The molecule has 0 aliphatic heterocycles. The highest BCUT2D eigenvalue weighted by Crippen LogP contribution is 2.25. The molecule has 1 aromatic carbocycles. The molecular formula is C9H7FN2S. The minimum Gasteiger partial charge on any atom is -0.383 e. The van der Waals surface area contributed by atoms with Gasteiger partial charge in [0.05, 0.1) is 4.88 Å². The molecule has 0 amide bonds. The van der Waals surface area contributed by atoms with Gasteiger partial charge in [-0.05, 0) is 29.2 Å². The quantitative estimate of drug-likeness (QED) is 0.757. The van der Waals surface area contributed by atoms with Crippen LogP contribution in [0.5, 0.6) is 0 Å². The molecule has 2 N–H and O–H groups in total. The van der Waals surface area contributed by atoms with Gasteiger partial charge in [-0.2, -0.15) is 4.37 Å². The van der Waals surface area contributed by atoms with Crippen LogP contribution in [0.3, 0.4) is 0 Å². The van der Waals surface area contributed by atoms with Gasteiger partial charge in [0.1, 0.15) is 11.6 Å². The average Bonchev–Trinajstić information content (AvgIpc) is 2.52. The SMILES string of the molecule is Nc1cc(-c2cccc(F)c2)sn1. The molecule has 0 spiro atoms. The van der Waals surface area contributed by atoms with E-state index in [0.29, 0.717) is 5.82 Å². The zero-order chi connectivity index (χ0) is 9.26. The van der Waals surface area contributed by atoms with Crippen LogP contribution in [-0.4, -0.2) is 4.37 Å². The molecule has 1 heterocycles. The predicted molar refractivity (Wildman–Crippen MR) is 51.9 cm³/mol. The van der Waals surface area contributed by atoms with Crippen molar-refractivity contribution in [2.24, 2.45) is 0 Å². The highest BCUT2D eigenvalue weighted by Gasteiger charge is 2.02. The van der Waals surface area contributed by atoms with E-state index in [-0.39, 0.29) is 5.82 Å². The lowest BCUT2D eigenvalue weighted by molar-refractivity contribution is 0.628. The van der Waals surface area contributed by atoms with Crippen molar-refractivity contribution in [3.63, 3.8) is 0 Å². The highest BCUT2D eigenvalue weighted by molar-refractivity contribution is 7.09. The molecule has 2 aromatic rings. The maximum absolute atomic E-state index is 12.8. The maximum atomic E-state index is 12.8. The molecule has 0 saturated heterocycles. The number of hydrogen-bond acceptors (Lipinski definition) is 3. The first-order chi connectivity index (χ1) is 6.25. The largest absolute Gasteiger partial charge is 0.383 e. The third-order valence-electron chi connectivity index (χ3n) is 1.64. The van der Waals surface area contributed by atoms with Gasteiger partial charge in [0.25, 0.3) is 0 Å². The fourth-order valence-electron chi connectivity index (χ4n) is 1.07. The Morgan fingerprint density at radius 1 is 1.31 bits per heavy atom. The Kier molecular flexibility index (Phi) is 1.98. The molecule has 66 valence electrons. The van der Waals surface area contributed by atoms with Crippen LogP contribution in [0.2, 0.25) is 0 Å². The van der Waals surface area contributed by atoms with Crippen molar-refractivity contribution in [2.45, 2.75) is 0 Å². The Morgan fingerprint density at radius 3 is 2.77 bits per heavy atom. The summed E-state index contributed by atoms with van der Waals surface area (Å²) in [6.07, 6.45) is 0. The summed E-state index contributed by atoms with van der Waals surface area (Å²) in [5.74, 6) is 0.230. The standard InChI is InChI=1S/C9H7FN2S/c10-7-3-1-2-6(4-7)8-5-9(11)12-13-8/h1-5H,(H2,11,12). The molecule has 0 atom stereocenters. The second kappa shape index (κ2) is 3.14. The fraction of sp³-hybridized carbons (Fsp3) is 0. The van der Waals surface area contributed by atoms with Crippen molar-refractivity contribution < 1.29 is 4.39 Å². The summed E-state index contributed by atoms with van der Waals surface area (Å²) in [4.78, 5) is 0.886. The van der Waals surface area contributed by atoms with Crippen molar-refractivity contribution in [2.75, 3.05) is 5.73 Å². The summed E-state index contributed by atoms with van der Waals surface area (Å²) in [7, 11) is 0. The van der Waals surface area contributed by atoms with Crippen molar-refractivity contribution in [1.29, 1.82) is 0 Å². The Labute approximate surface area is 79.0 Å². The Balaban J connectivity index is 2.46. The Morgan fingerprint density at radius 2 is 2.15 bits per heavy atom. The van der Waals surface area contributed by atoms with Crippen LogP contribution in [0, 0.1) is 5.82 Å². The van der Waals surface area contributed by atoms with Crippen molar-refractivity contribution >= 4 is 17.4 Å². The Hall–Kier alpha value is -1.42. The second-order valence-corrected chi connectivity index (χ2v) is 3.43. The molecular weight excluding hydrogens is 187 g/mol. The van der Waals surface area contributed by atoms with Gasteiger partial charge >= 0.3 is 0 Å². The summed E-state index contributed by atoms with van der Waals surface area (Å²) in [5, 5.41) is 0. The van der Waals surface area contributed by atoms with E-state index < -0.39 is 0 Å². The smallest absolute Gasteiger partial charge is 0.137 e. The predicted octanol–water partition coefficient (Wildman–Crippen LogP) is 2.53. The van der Waals surface area contributed by atoms with Gasteiger partial charge in [-0.25, -0.2) is 4.39 Å². The number of nitrogens with zero attached hydrogens (tertiary/aromatic N) is 1. The minimum absolute atomic E-state index is 0.246. The van der Waals surface area contributed by atoms with Gasteiger partial charge in [0.2, 0.25) is 0 Å². The van der Waals surface area contributed by atoms with Crippen molar-refractivity contribution in [3.05, 3.63) is 36.1 Å². The number of anilines is 1. The topological polar surface area (TPSA) is 38.9 Å². The zero-order valence-electron chi connectivity index (χ0n) is 6.70. The van der Waals surface area contributed by atoms with Gasteiger partial charge < -0.3 is 5.73 Å². The van der Waals surface area contributed by atoms with E-state index in [1.165, 1.54) is 23.7 Å². The normalized spacial score (nSPS) is 10.2. The van der Waals surface area contributed by atoms with Crippen LogP contribution in [-0.2, 0) is 0 Å². The lowest BCUT2D eigenvalue weighted by atomic mass is 10.2. The second-order valence-electron chi connectivity index (χ2n) is 2.63. The summed E-state index contributed by atoms with van der Waals surface area (Å²) in [6.45, 7) is 0. The van der Waals surface area contributed by atoms with Gasteiger partial charge in [-0.1, -0.05) is 12.1 Å². The lowest BCUT2D eigenvalue weighted by Crippen LogP contribution is -1.80. The van der Waals surface area contributed by atoms with Crippen molar-refractivity contribution in [3.8, 4) is 10.4 Å². The summed E-state index contributed by atoms with van der Waals surface area (Å²) < 4.78 is 16.7. The molecule has 0 aliphatic carbocycles. The van der Waals surface area contributed by atoms with Gasteiger partial charge in [-0.15, -0.1) is 0 Å². The summed E-state index contributed by atoms with van der Waals surface area (Å²) in [5.41, 5.74) is 6.27. The first-order valence-corrected chi connectivity index (χ1v) is 4.51. The van der Waals surface area contributed by atoms with E-state index in [1.54, 1.807) is 12.1 Å². The van der Waals surface area contributed by atoms with Gasteiger partial charge in [-0.3, -0.25) is 0 Å². The third-order valence-corrected chi connectivity index (χ3v) is 2.49. The molecule has 0 saturated carbocycles. The zero-order valence-corrected chi connectivity index (χ0v) is 7.51. The molecule has 4 heteroatoms. The van der Waals surface area contributed by atoms with Crippen LogP contribution < -0.4 is 5.73 Å². The molecule has 0 radical (unpaired) electrons. The lowest BCUT2D eigenvalue weighted by Gasteiger charge is -1.94. The number of benzene rings is 1. The summed E-state index contributed by atoms with van der Waals surface area (Å²) in [6, 6.07) is 8.11. The molecule has 0 aliphatic rings. The first kappa shape index (κ1) is 8.19. The molecule has 13 heavy (non-hydrogen) atoms. The van der Waals surface area contributed by atoms with E-state index in [2.05, 4.69) is 4.37 Å². The fourth-order valence-corrected chi connectivity index (χ4v) is 1.73. The first-order valence-electron chi connectivity index (χ1n) is 3.74. The van der Waals surface area contributed by atoms with E-state index in [1.807, 2.05) is 6.07 Å². The number of aromatic nitrogens is 1. The average molecular weight is 194 g/mol. The van der Waals surface area contributed by atoms with Crippen LogP contribution in [0.4, 0.5) is 10.2 Å². The molecule has 0 unspecified atom stereocenters. The van der Waals surface area contributed by atoms with E-state index >= 15 is 0 Å². The van der Waals surface area contributed by atoms with E-state index in [9.17, 15) is 4.39 Å². The Bertz CT molecular complexity index is 425. The molecule has 2 nitrogen and oxygen atoms in total. The van der Waals surface area contributed by atoms with Gasteiger partial charge in [0.15, 0.2) is 0 Å². The van der Waals surface area contributed by atoms with Crippen LogP contribution in [0.25, 0.3) is 10.4 Å². The maximum Gasteiger partial charge on any atom is 0.137 e. The van der Waals surface area contributed by atoms with Crippen LogP contribution in [0.1, 0.15) is 0 Å². The van der Waals surface area contributed by atoms with Crippen LogP contribution >= 0.6 is 11.5 Å². The van der Waals surface area contributed by atoms with E-state index in [0.717, 1.165) is 10.4 Å². The summed E-state index contributed by atoms with van der Waals surface area (Å²) >= 11 is 1.27. The van der Waals surface area contributed by atoms with Crippen molar-refractivity contribution in [1.82, 2.24) is 4.37 Å². The number of nitrogens with two attached hydrogens (primary N) is 1. The molecule has 0 bridgehead atoms. The minimum atomic E-state index is -0.246. The molecule has 0 fully saturated rings. The van der Waals surface area contributed by atoms with Crippen LogP contribution in [0.15, 0.2) is 30.3 Å². The number of rotatable bonds is 1. The van der Waals surface area contributed by atoms with E-state index in [4.69, 9.17) is 5.73 Å². The number of halogens is 1. The monoisotopic (exact) mass is 194 g/mol. The third kappa shape index (κ3) is 1.67. The number of nitrogen functional groups attached to an aromatic ring is 1. The molecule has 2 rings (SSSR count). The molecule has 1 aromatic heterocycles.